The first-order valence-corrected chi connectivity index (χ1v) is 6.70. The summed E-state index contributed by atoms with van der Waals surface area (Å²) < 4.78 is 0. The Kier molecular flexibility index (Phi) is 3.93. The highest BCUT2D eigenvalue weighted by Crippen LogP contribution is 2.30. The summed E-state index contributed by atoms with van der Waals surface area (Å²) >= 11 is 0. The lowest BCUT2D eigenvalue weighted by Crippen LogP contribution is -2.31. The van der Waals surface area contributed by atoms with Gasteiger partial charge in [0.1, 0.15) is 0 Å². The van der Waals surface area contributed by atoms with Crippen molar-refractivity contribution >= 4 is 11.5 Å². The summed E-state index contributed by atoms with van der Waals surface area (Å²) in [4.78, 5) is 6.59. The predicted octanol–water partition coefficient (Wildman–Crippen LogP) is 2.03. The van der Waals surface area contributed by atoms with Gasteiger partial charge in [-0.15, -0.1) is 0 Å². The third-order valence-electron chi connectivity index (χ3n) is 3.84. The molecule has 0 bridgehead atoms. The lowest BCUT2D eigenvalue weighted by Gasteiger charge is -2.32. The van der Waals surface area contributed by atoms with Crippen LogP contribution in [0.3, 0.4) is 0 Å². The van der Waals surface area contributed by atoms with E-state index in [0.717, 1.165) is 35.1 Å². The summed E-state index contributed by atoms with van der Waals surface area (Å²) in [6.07, 6.45) is 3.93. The van der Waals surface area contributed by atoms with Gasteiger partial charge < -0.3 is 15.8 Å². The molecule has 0 aliphatic heterocycles. The first kappa shape index (κ1) is 13.6. The Labute approximate surface area is 114 Å². The van der Waals surface area contributed by atoms with Crippen molar-refractivity contribution in [3.63, 3.8) is 0 Å². The maximum Gasteiger partial charge on any atom is 0.174 e. The van der Waals surface area contributed by atoms with Crippen LogP contribution in [0, 0.1) is 19.8 Å². The molecule has 19 heavy (non-hydrogen) atoms. The molecular formula is C14H22N4O. The van der Waals surface area contributed by atoms with Crippen molar-refractivity contribution in [1.29, 1.82) is 0 Å². The normalized spacial score (nSPS) is 16.3. The molecule has 1 aliphatic rings. The van der Waals surface area contributed by atoms with Gasteiger partial charge in [0.2, 0.25) is 0 Å². The summed E-state index contributed by atoms with van der Waals surface area (Å²) in [5.74, 6) is 0.888. The minimum absolute atomic E-state index is 0.125. The van der Waals surface area contributed by atoms with Gasteiger partial charge in [-0.25, -0.2) is 0 Å². The maximum absolute atomic E-state index is 8.94. The highest BCUT2D eigenvalue weighted by Gasteiger charge is 2.22. The SMILES string of the molecule is Cc1cc(N(C)CC2CCC2)c(/C(N)=N/O)c(C)n1. The van der Waals surface area contributed by atoms with E-state index in [4.69, 9.17) is 10.9 Å². The average molecular weight is 262 g/mol. The highest BCUT2D eigenvalue weighted by atomic mass is 16.4. The van der Waals surface area contributed by atoms with Crippen molar-refractivity contribution in [1.82, 2.24) is 4.98 Å². The van der Waals surface area contributed by atoms with E-state index in [1.54, 1.807) is 0 Å². The number of hydrogen-bond acceptors (Lipinski definition) is 4. The molecule has 1 fully saturated rings. The van der Waals surface area contributed by atoms with Crippen LogP contribution in [0.1, 0.15) is 36.2 Å². The zero-order chi connectivity index (χ0) is 14.0. The Hall–Kier alpha value is -1.78. The molecule has 5 nitrogen and oxygen atoms in total. The lowest BCUT2D eigenvalue weighted by molar-refractivity contribution is 0.318. The molecule has 0 amide bonds. The van der Waals surface area contributed by atoms with Crippen molar-refractivity contribution in [3.8, 4) is 0 Å². The summed E-state index contributed by atoms with van der Waals surface area (Å²) in [6, 6.07) is 2.00. The first-order chi connectivity index (χ1) is 9.02. The van der Waals surface area contributed by atoms with E-state index in [0.29, 0.717) is 0 Å². The van der Waals surface area contributed by atoms with Crippen LogP contribution in [0.2, 0.25) is 0 Å². The number of nitrogens with two attached hydrogens (primary N) is 1. The molecule has 0 atom stereocenters. The van der Waals surface area contributed by atoms with E-state index in [1.165, 1.54) is 19.3 Å². The molecule has 0 saturated heterocycles. The topological polar surface area (TPSA) is 74.7 Å². The Bertz CT molecular complexity index is 494. The molecule has 0 radical (unpaired) electrons. The molecule has 104 valence electrons. The molecule has 1 aromatic heterocycles. The number of aromatic nitrogens is 1. The Morgan fingerprint density at radius 2 is 2.21 bits per heavy atom. The number of rotatable bonds is 4. The van der Waals surface area contributed by atoms with Crippen LogP contribution in [0.25, 0.3) is 0 Å². The van der Waals surface area contributed by atoms with Crippen LogP contribution in [-0.4, -0.2) is 29.6 Å². The summed E-state index contributed by atoms with van der Waals surface area (Å²) in [6.45, 7) is 4.86. The smallest absolute Gasteiger partial charge is 0.174 e. The number of anilines is 1. The predicted molar refractivity (Wildman–Crippen MR) is 76.8 cm³/mol. The van der Waals surface area contributed by atoms with Crippen LogP contribution in [0.5, 0.6) is 0 Å². The van der Waals surface area contributed by atoms with Crippen LogP contribution < -0.4 is 10.6 Å². The quantitative estimate of drug-likeness (QED) is 0.377. The van der Waals surface area contributed by atoms with Gasteiger partial charge in [-0.1, -0.05) is 11.6 Å². The van der Waals surface area contributed by atoms with E-state index in [1.807, 2.05) is 19.9 Å². The Balaban J connectivity index is 2.35. The third-order valence-corrected chi connectivity index (χ3v) is 3.84. The van der Waals surface area contributed by atoms with Gasteiger partial charge in [0.15, 0.2) is 5.84 Å². The molecule has 0 spiro atoms. The molecular weight excluding hydrogens is 240 g/mol. The van der Waals surface area contributed by atoms with Crippen molar-refractivity contribution in [2.75, 3.05) is 18.5 Å². The van der Waals surface area contributed by atoms with Crippen molar-refractivity contribution < 1.29 is 5.21 Å². The van der Waals surface area contributed by atoms with Gasteiger partial charge in [-0.3, -0.25) is 4.98 Å². The average Bonchev–Trinajstić information content (AvgIpc) is 2.31. The molecule has 2 rings (SSSR count). The largest absolute Gasteiger partial charge is 0.409 e. The summed E-state index contributed by atoms with van der Waals surface area (Å²) in [5, 5.41) is 12.1. The first-order valence-electron chi connectivity index (χ1n) is 6.70. The fourth-order valence-electron chi connectivity index (χ4n) is 2.64. The molecule has 3 N–H and O–H groups in total. The van der Waals surface area contributed by atoms with E-state index in [2.05, 4.69) is 22.1 Å². The molecule has 1 aromatic rings. The van der Waals surface area contributed by atoms with Gasteiger partial charge in [0, 0.05) is 19.3 Å². The van der Waals surface area contributed by atoms with Crippen LogP contribution in [0.4, 0.5) is 5.69 Å². The van der Waals surface area contributed by atoms with Crippen molar-refractivity contribution in [3.05, 3.63) is 23.0 Å². The molecule has 5 heteroatoms. The lowest BCUT2D eigenvalue weighted by atomic mass is 9.85. The number of hydrogen-bond donors (Lipinski definition) is 2. The van der Waals surface area contributed by atoms with Crippen molar-refractivity contribution in [2.24, 2.45) is 16.8 Å². The van der Waals surface area contributed by atoms with E-state index in [-0.39, 0.29) is 5.84 Å². The monoisotopic (exact) mass is 262 g/mol. The minimum atomic E-state index is 0.125. The molecule has 1 aliphatic carbocycles. The zero-order valence-electron chi connectivity index (χ0n) is 11.8. The second-order valence-electron chi connectivity index (χ2n) is 5.41. The second kappa shape index (κ2) is 5.47. The van der Waals surface area contributed by atoms with Crippen LogP contribution in [0.15, 0.2) is 11.2 Å². The van der Waals surface area contributed by atoms with Gasteiger partial charge in [0.05, 0.1) is 16.9 Å². The Morgan fingerprint density at radius 1 is 1.53 bits per heavy atom. The van der Waals surface area contributed by atoms with Crippen molar-refractivity contribution in [2.45, 2.75) is 33.1 Å². The molecule has 0 unspecified atom stereocenters. The van der Waals surface area contributed by atoms with E-state index >= 15 is 0 Å². The van der Waals surface area contributed by atoms with Gasteiger partial charge in [-0.2, -0.15) is 0 Å². The number of nitrogens with zero attached hydrogens (tertiary/aromatic N) is 3. The number of pyridine rings is 1. The highest BCUT2D eigenvalue weighted by molar-refractivity contribution is 6.03. The standard InChI is InChI=1S/C14H22N4O/c1-9-7-12(18(3)8-11-5-4-6-11)13(10(2)16-9)14(15)17-19/h7,11,19H,4-6,8H2,1-3H3,(H2,15,17). The number of amidine groups is 1. The fraction of sp³-hybridized carbons (Fsp3) is 0.571. The zero-order valence-corrected chi connectivity index (χ0v) is 11.8. The maximum atomic E-state index is 8.94. The molecule has 1 heterocycles. The Morgan fingerprint density at radius 3 is 2.74 bits per heavy atom. The van der Waals surface area contributed by atoms with Crippen LogP contribution >= 0.6 is 0 Å². The minimum Gasteiger partial charge on any atom is -0.409 e. The third kappa shape index (κ3) is 2.80. The van der Waals surface area contributed by atoms with E-state index in [9.17, 15) is 0 Å². The molecule has 0 aromatic carbocycles. The summed E-state index contributed by atoms with van der Waals surface area (Å²) in [5.41, 5.74) is 9.26. The number of aryl methyl sites for hydroxylation is 2. The molecule has 1 saturated carbocycles. The number of oxime groups is 1. The second-order valence-corrected chi connectivity index (χ2v) is 5.41. The van der Waals surface area contributed by atoms with Crippen LogP contribution in [-0.2, 0) is 0 Å². The fourth-order valence-corrected chi connectivity index (χ4v) is 2.64. The van der Waals surface area contributed by atoms with Gasteiger partial charge in [-0.05, 0) is 38.7 Å². The van der Waals surface area contributed by atoms with E-state index < -0.39 is 0 Å². The summed E-state index contributed by atoms with van der Waals surface area (Å²) in [7, 11) is 2.06. The van der Waals surface area contributed by atoms with Gasteiger partial charge >= 0.3 is 0 Å². The van der Waals surface area contributed by atoms with Gasteiger partial charge in [0.25, 0.3) is 0 Å².